The number of halogens is 2. The van der Waals surface area contributed by atoms with Crippen molar-refractivity contribution in [3.63, 3.8) is 0 Å². The molecule has 0 aromatic heterocycles. The van der Waals surface area contributed by atoms with Gasteiger partial charge in [0.1, 0.15) is 0 Å². The van der Waals surface area contributed by atoms with E-state index >= 15 is 0 Å². The van der Waals surface area contributed by atoms with Crippen molar-refractivity contribution in [3.05, 3.63) is 33.6 Å². The van der Waals surface area contributed by atoms with Crippen LogP contribution in [0.2, 0.25) is 0 Å². The molecule has 1 aromatic carbocycles. The van der Waals surface area contributed by atoms with Crippen molar-refractivity contribution in [3.8, 4) is 6.07 Å². The Morgan fingerprint density at radius 2 is 1.53 bits per heavy atom. The Morgan fingerprint density at radius 1 is 1.18 bits per heavy atom. The molecule has 0 fully saturated rings. The Balaban J connectivity index is -0.000000239. The topological polar surface area (TPSA) is 62.3 Å². The number of carbonyl (C=O) groups excluding carboxylic acids is 2. The summed E-state index contributed by atoms with van der Waals surface area (Å²) in [4.78, 5) is 15.0. The van der Waals surface area contributed by atoms with Crippen LogP contribution in [0.1, 0.15) is 6.92 Å². The van der Waals surface area contributed by atoms with E-state index in [-0.39, 0.29) is 0 Å². The number of nitriles is 1. The van der Waals surface area contributed by atoms with Crippen molar-refractivity contribution < 1.29 is 24.5 Å². The molecule has 0 heterocycles. The van der Waals surface area contributed by atoms with Crippen LogP contribution in [0.4, 0.5) is 5.69 Å². The van der Waals surface area contributed by atoms with Crippen LogP contribution in [0.15, 0.2) is 30.3 Å². The summed E-state index contributed by atoms with van der Waals surface area (Å²) in [5.74, 6) is 0. The fourth-order valence-corrected chi connectivity index (χ4v) is 2.88. The zero-order valence-electron chi connectivity index (χ0n) is 8.76. The van der Waals surface area contributed by atoms with Gasteiger partial charge in [0.25, 0.3) is 0 Å². The molecule has 0 spiro atoms. The van der Waals surface area contributed by atoms with Crippen LogP contribution in [-0.2, 0) is 24.5 Å². The molecule has 0 amide bonds. The van der Waals surface area contributed by atoms with Gasteiger partial charge in [0, 0.05) is 6.92 Å². The molecule has 17 heavy (non-hydrogen) atoms. The summed E-state index contributed by atoms with van der Waals surface area (Å²) in [5, 5.41) is 7.32. The third kappa shape index (κ3) is 21.0. The van der Waals surface area contributed by atoms with Gasteiger partial charge >= 0.3 is 73.0 Å². The van der Waals surface area contributed by atoms with Crippen LogP contribution in [0.25, 0.3) is 3.31 Å². The number of rotatable bonds is 0. The molecule has 0 aliphatic carbocycles. The molecule has 0 unspecified atom stereocenters. The fraction of sp³-hybridized carbons (Fsp3) is 0.100. The second-order valence-corrected chi connectivity index (χ2v) is 9.99. The van der Waals surface area contributed by atoms with E-state index < -0.39 is 14.9 Å². The maximum absolute atomic E-state index is 7.50. The zero-order chi connectivity index (χ0) is 14.1. The second-order valence-electron chi connectivity index (χ2n) is 1.85. The fourth-order valence-electron chi connectivity index (χ4n) is 0.569. The molecule has 7 heteroatoms. The summed E-state index contributed by atoms with van der Waals surface area (Å²) in [6, 6.07) is 11.3. The van der Waals surface area contributed by atoms with E-state index in [0.717, 1.165) is 5.69 Å². The van der Waals surface area contributed by atoms with E-state index in [4.69, 9.17) is 33.7 Å². The summed E-state index contributed by atoms with van der Waals surface area (Å²) in [5.41, 5.74) is 0.890. The normalized spacial score (nSPS) is 6.00. The van der Waals surface area contributed by atoms with Crippen LogP contribution in [-0.4, -0.2) is 13.6 Å². The summed E-state index contributed by atoms with van der Waals surface area (Å²) in [6.45, 7) is 10.4. The van der Waals surface area contributed by atoms with Crippen LogP contribution < -0.4 is 0 Å². The van der Waals surface area contributed by atoms with Gasteiger partial charge in [-0.05, 0) is 0 Å². The molecule has 0 N–H and O–H groups in total. The molecular formula is C10H8Cl2N2O2W-. The quantitative estimate of drug-likeness (QED) is 0.579. The first-order valence-corrected chi connectivity index (χ1v) is 12.3. The van der Waals surface area contributed by atoms with E-state index in [2.05, 4.69) is 16.9 Å². The molecule has 1 aromatic rings. The summed E-state index contributed by atoms with van der Waals surface area (Å²) >= 11 is -2.29. The number of hydrogen-bond donors (Lipinski definition) is 0. The van der Waals surface area contributed by atoms with Gasteiger partial charge in [-0.2, -0.15) is 5.26 Å². The third-order valence-corrected chi connectivity index (χ3v) is 3.31. The third-order valence-electron chi connectivity index (χ3n) is 0.931. The van der Waals surface area contributed by atoms with Gasteiger partial charge in [-0.15, -0.1) is 0 Å². The van der Waals surface area contributed by atoms with Crippen LogP contribution in [0.5, 0.6) is 0 Å². The van der Waals surface area contributed by atoms with E-state index in [1.165, 1.54) is 6.92 Å². The minimum absolute atomic E-state index is 0.890. The molecule has 0 aliphatic heterocycles. The molecule has 4 nitrogen and oxygen atoms in total. The molecule has 0 aliphatic rings. The first-order chi connectivity index (χ1) is 8.20. The molecule has 0 bridgehead atoms. The molecule has 91 valence electrons. The van der Waals surface area contributed by atoms with Crippen molar-refractivity contribution in [2.24, 2.45) is 0 Å². The SMILES string of the molecule is CC#N.[C-]=O.[C-]=O.[Cl][W]([Cl])#[N+]c1ccccc1. The summed E-state index contributed by atoms with van der Waals surface area (Å²) in [7, 11) is 11.2. The maximum atomic E-state index is 7.50. The molecular weight excluding hydrogens is 435 g/mol. The second kappa shape index (κ2) is 20.4. The Hall–Kier alpha value is -0.972. The van der Waals surface area contributed by atoms with E-state index in [1.807, 2.05) is 30.3 Å². The van der Waals surface area contributed by atoms with Crippen molar-refractivity contribution in [2.45, 2.75) is 6.92 Å². The number of hydrogen-bond acceptors (Lipinski definition) is 3. The molecule has 1 rings (SSSR count). The van der Waals surface area contributed by atoms with Gasteiger partial charge in [-0.25, -0.2) is 0 Å². The van der Waals surface area contributed by atoms with Gasteiger partial charge in [0.05, 0.1) is 6.07 Å². The number of benzene rings is 1. The average Bonchev–Trinajstić information content (AvgIpc) is 2.36. The first-order valence-electron chi connectivity index (χ1n) is 3.76. The van der Waals surface area contributed by atoms with Gasteiger partial charge in [-0.3, -0.25) is 0 Å². The predicted molar refractivity (Wildman–Crippen MR) is 63.8 cm³/mol. The van der Waals surface area contributed by atoms with Crippen LogP contribution in [0, 0.1) is 11.3 Å². The molecule has 0 saturated carbocycles. The molecule has 0 atom stereocenters. The van der Waals surface area contributed by atoms with Crippen LogP contribution in [0.3, 0.4) is 0 Å². The van der Waals surface area contributed by atoms with Crippen molar-refractivity contribution in [1.29, 1.82) is 5.26 Å². The summed E-state index contributed by atoms with van der Waals surface area (Å²) in [6.07, 6.45) is 0. The van der Waals surface area contributed by atoms with Gasteiger partial charge in [-0.1, -0.05) is 0 Å². The minimum atomic E-state index is -2.29. The van der Waals surface area contributed by atoms with E-state index in [0.29, 0.717) is 0 Å². The van der Waals surface area contributed by atoms with Gasteiger partial charge < -0.3 is 23.2 Å². The van der Waals surface area contributed by atoms with E-state index in [9.17, 15) is 0 Å². The molecule has 2 radical (unpaired) electrons. The van der Waals surface area contributed by atoms with Gasteiger partial charge in [0.15, 0.2) is 0 Å². The number of nitrogens with zero attached hydrogens (tertiary/aromatic N) is 2. The Labute approximate surface area is 114 Å². The average molecular weight is 443 g/mol. The van der Waals surface area contributed by atoms with Crippen molar-refractivity contribution >= 4 is 38.1 Å². The Kier molecular flexibility index (Phi) is 25.6. The Bertz CT molecular complexity index is 387. The first kappa shape index (κ1) is 21.3. The zero-order valence-corrected chi connectivity index (χ0v) is 13.2. The van der Waals surface area contributed by atoms with Gasteiger partial charge in [0.2, 0.25) is 0 Å². The van der Waals surface area contributed by atoms with Crippen molar-refractivity contribution in [1.82, 2.24) is 0 Å². The predicted octanol–water partition coefficient (Wildman–Crippen LogP) is 3.27. The van der Waals surface area contributed by atoms with Crippen molar-refractivity contribution in [2.75, 3.05) is 0 Å². The van der Waals surface area contributed by atoms with E-state index in [1.54, 1.807) is 6.07 Å². The van der Waals surface area contributed by atoms with Crippen LogP contribution >= 0.6 is 18.8 Å². The standard InChI is InChI=1S/C6H5N.C2H3N.2CO.2ClH.W/c7-6-4-2-1-3-5-6;1-2-3;2*1-2;;;/h1-5H;1H3;;;2*1H;/q+1;;2*-1;;;+2/p-2. The Morgan fingerprint density at radius 3 is 1.82 bits per heavy atom. The monoisotopic (exact) mass is 442 g/mol. The summed E-state index contributed by atoms with van der Waals surface area (Å²) < 4.78 is 4.08. The molecule has 0 saturated heterocycles.